The Kier molecular flexibility index (Phi) is 2.07. The first-order valence-corrected chi connectivity index (χ1v) is 2.64. The van der Waals surface area contributed by atoms with Crippen LogP contribution in [0.1, 0.15) is 6.92 Å². The summed E-state index contributed by atoms with van der Waals surface area (Å²) >= 11 is 0.762. The van der Waals surface area contributed by atoms with Crippen LogP contribution in [0.5, 0.6) is 0 Å². The number of carbonyl (C=O) groups is 1. The van der Waals surface area contributed by atoms with Crippen molar-refractivity contribution < 1.29 is 4.79 Å². The van der Waals surface area contributed by atoms with E-state index in [2.05, 4.69) is 0 Å². The molecule has 0 unspecified atom stereocenters. The van der Waals surface area contributed by atoms with Crippen LogP contribution in [0.15, 0.2) is 0 Å². The Morgan fingerprint density at radius 3 is 2.00 bits per heavy atom. The normalized spacial score (nSPS) is 6.25. The second-order valence-electron chi connectivity index (χ2n) is 0.611. The van der Waals surface area contributed by atoms with Crippen LogP contribution in [0.4, 0.5) is 0 Å². The van der Waals surface area contributed by atoms with Gasteiger partial charge in [-0.15, -0.1) is 0 Å². The third-order valence-corrected chi connectivity index (χ3v) is 0. The molecule has 0 heterocycles. The van der Waals surface area contributed by atoms with Gasteiger partial charge < -0.3 is 0 Å². The fraction of sp³-hybridized carbons (Fsp3) is 0.500. The Bertz CT molecular complexity index is 29.0. The van der Waals surface area contributed by atoms with Gasteiger partial charge in [-0.3, -0.25) is 0 Å². The predicted octanol–water partition coefficient (Wildman–Crippen LogP) is -0.299. The molecule has 0 saturated heterocycles. The number of carbonyl (C=O) groups excluding carboxylic acids is 1. The van der Waals surface area contributed by atoms with Crippen LogP contribution in [0.3, 0.4) is 0 Å². The maximum atomic E-state index is 9.50. The van der Waals surface area contributed by atoms with Crippen molar-refractivity contribution in [2.75, 3.05) is 0 Å². The summed E-state index contributed by atoms with van der Waals surface area (Å²) in [6.07, 6.45) is 0. The van der Waals surface area contributed by atoms with E-state index >= 15 is 0 Å². The van der Waals surface area contributed by atoms with Crippen molar-refractivity contribution >= 4 is 27.9 Å². The number of hydrogen-bond acceptors (Lipinski definition) is 1. The van der Waals surface area contributed by atoms with Gasteiger partial charge in [0.2, 0.25) is 0 Å². The van der Waals surface area contributed by atoms with Gasteiger partial charge in [-0.25, -0.2) is 0 Å². The standard InChI is InChI=1S/C2H3O.In/c1-2-3;/h1H3;. The molecule has 0 aromatic heterocycles. The first kappa shape index (κ1) is 4.54. The minimum absolute atomic E-state index is 0.297. The molecule has 2 heteroatoms. The summed E-state index contributed by atoms with van der Waals surface area (Å²) in [6, 6.07) is 0. The zero-order valence-corrected chi connectivity index (χ0v) is 5.78. The zero-order chi connectivity index (χ0) is 3.58. The van der Waals surface area contributed by atoms with Crippen LogP contribution >= 0.6 is 0 Å². The van der Waals surface area contributed by atoms with Crippen molar-refractivity contribution in [3.8, 4) is 0 Å². The monoisotopic (exact) mass is 158 g/mol. The average molecular weight is 158 g/mol. The van der Waals surface area contributed by atoms with E-state index in [0.717, 1.165) is 24.4 Å². The molecule has 0 spiro atoms. The molecular formula is C2H3InO. The second-order valence-corrected chi connectivity index (χ2v) is 2.93. The third kappa shape index (κ3) is 20.7. The molecule has 0 aromatic rings. The van der Waals surface area contributed by atoms with E-state index in [1.165, 1.54) is 0 Å². The molecule has 1 nitrogen and oxygen atoms in total. The summed E-state index contributed by atoms with van der Waals surface area (Å²) in [5, 5.41) is 0. The van der Waals surface area contributed by atoms with Gasteiger partial charge in [0.15, 0.2) is 0 Å². The van der Waals surface area contributed by atoms with Crippen LogP contribution in [-0.2, 0) is 4.79 Å². The molecule has 4 heavy (non-hydrogen) atoms. The van der Waals surface area contributed by atoms with Gasteiger partial charge in [0, 0.05) is 0 Å². The summed E-state index contributed by atoms with van der Waals surface area (Å²) in [5.74, 6) is 0. The average Bonchev–Trinajstić information content (AvgIpc) is 0.811. The fourth-order valence-electron chi connectivity index (χ4n) is 0. The topological polar surface area (TPSA) is 17.1 Å². The van der Waals surface area contributed by atoms with Crippen molar-refractivity contribution in [2.45, 2.75) is 6.92 Å². The van der Waals surface area contributed by atoms with Gasteiger partial charge in [0.25, 0.3) is 0 Å². The molecular weight excluding hydrogens is 155 g/mol. The summed E-state index contributed by atoms with van der Waals surface area (Å²) in [5.41, 5.74) is 0. The van der Waals surface area contributed by atoms with E-state index in [0.29, 0.717) is 3.54 Å². The second kappa shape index (κ2) is 1.82. The van der Waals surface area contributed by atoms with Gasteiger partial charge in [-0.1, -0.05) is 0 Å². The van der Waals surface area contributed by atoms with Crippen LogP contribution in [0.25, 0.3) is 0 Å². The van der Waals surface area contributed by atoms with Crippen LogP contribution < -0.4 is 0 Å². The quantitative estimate of drug-likeness (QED) is 0.472. The molecule has 0 aliphatic heterocycles. The zero-order valence-electron chi connectivity index (χ0n) is 2.49. The molecule has 2 radical (unpaired) electrons. The molecule has 0 atom stereocenters. The van der Waals surface area contributed by atoms with Crippen molar-refractivity contribution in [3.05, 3.63) is 0 Å². The Morgan fingerprint density at radius 1 is 2.00 bits per heavy atom. The van der Waals surface area contributed by atoms with Gasteiger partial charge in [0.1, 0.15) is 0 Å². The van der Waals surface area contributed by atoms with Gasteiger partial charge >= 0.3 is 39.6 Å². The molecule has 0 aliphatic carbocycles. The van der Waals surface area contributed by atoms with Crippen LogP contribution in [0.2, 0.25) is 0 Å². The third-order valence-electron chi connectivity index (χ3n) is 0. The minimum atomic E-state index is 0.297. The molecule has 0 saturated carbocycles. The van der Waals surface area contributed by atoms with Crippen molar-refractivity contribution in [3.63, 3.8) is 0 Å². The molecule has 0 fully saturated rings. The first-order chi connectivity index (χ1) is 1.73. The van der Waals surface area contributed by atoms with Crippen LogP contribution in [-0.4, -0.2) is 27.9 Å². The van der Waals surface area contributed by atoms with Crippen molar-refractivity contribution in [1.29, 1.82) is 0 Å². The Balaban J connectivity index is 2.80. The molecule has 0 aromatic carbocycles. The van der Waals surface area contributed by atoms with Crippen molar-refractivity contribution in [1.82, 2.24) is 0 Å². The van der Waals surface area contributed by atoms with Crippen molar-refractivity contribution in [2.24, 2.45) is 0 Å². The van der Waals surface area contributed by atoms with Gasteiger partial charge in [-0.2, -0.15) is 0 Å². The summed E-state index contributed by atoms with van der Waals surface area (Å²) < 4.78 is 0.297. The van der Waals surface area contributed by atoms with E-state index in [4.69, 9.17) is 0 Å². The van der Waals surface area contributed by atoms with E-state index in [9.17, 15) is 4.79 Å². The summed E-state index contributed by atoms with van der Waals surface area (Å²) in [4.78, 5) is 9.50. The molecule has 20 valence electrons. The van der Waals surface area contributed by atoms with E-state index < -0.39 is 0 Å². The predicted molar refractivity (Wildman–Crippen MR) is 16.4 cm³/mol. The van der Waals surface area contributed by atoms with Gasteiger partial charge in [0.05, 0.1) is 0 Å². The Morgan fingerprint density at radius 2 is 2.00 bits per heavy atom. The molecule has 0 rings (SSSR count). The summed E-state index contributed by atoms with van der Waals surface area (Å²) in [6.45, 7) is 1.59. The Hall–Kier alpha value is 0.540. The maximum absolute atomic E-state index is 9.50. The van der Waals surface area contributed by atoms with E-state index in [-0.39, 0.29) is 0 Å². The first-order valence-electron chi connectivity index (χ1n) is 0.993. The molecule has 0 aliphatic rings. The van der Waals surface area contributed by atoms with E-state index in [1.54, 1.807) is 6.92 Å². The fourth-order valence-corrected chi connectivity index (χ4v) is 0. The van der Waals surface area contributed by atoms with Crippen LogP contribution in [0, 0.1) is 0 Å². The number of rotatable bonds is 0. The van der Waals surface area contributed by atoms with E-state index in [1.807, 2.05) is 0 Å². The molecule has 0 bridgehead atoms. The molecule has 0 amide bonds. The SMILES string of the molecule is C[C](=O)[In]. The summed E-state index contributed by atoms with van der Waals surface area (Å²) in [7, 11) is 0. The number of hydrogen-bond donors (Lipinski definition) is 0. The molecule has 0 N–H and O–H groups in total. The van der Waals surface area contributed by atoms with Gasteiger partial charge in [-0.05, 0) is 0 Å². The Labute approximate surface area is 40.0 Å².